The SMILES string of the molecule is COc1ccccc1-c1cc(C2=CCCN(C(=O)CCn3ccnn3)C2)c(F)c2[nH]c(C(=O)N3CCC(Nc4ncccn4)CC3)cc12. The van der Waals surface area contributed by atoms with Crippen molar-refractivity contribution in [3.63, 3.8) is 0 Å². The van der Waals surface area contributed by atoms with Gasteiger partial charge in [-0.1, -0.05) is 29.5 Å². The van der Waals surface area contributed by atoms with Gasteiger partial charge in [-0.3, -0.25) is 14.3 Å². The summed E-state index contributed by atoms with van der Waals surface area (Å²) in [5, 5.41) is 11.7. The molecule has 0 unspecified atom stereocenters. The number of ether oxygens (including phenoxy) is 1. The Bertz CT molecular complexity index is 1950. The monoisotopic (exact) mass is 649 g/mol. The third-order valence-electron chi connectivity index (χ3n) is 9.04. The van der Waals surface area contributed by atoms with Crippen LogP contribution in [-0.4, -0.2) is 90.9 Å². The van der Waals surface area contributed by atoms with Gasteiger partial charge < -0.3 is 24.8 Å². The first-order chi connectivity index (χ1) is 23.5. The standard InChI is InChI=1S/C35H36FN9O3/c1-48-30-8-3-2-7-25(30)27-20-26(23-6-4-15-44(22-23)31(46)11-18-45-19-14-39-42-45)32(36)33-28(27)21-29(41-33)34(47)43-16-9-24(10-17-43)40-35-37-12-5-13-38-35/h2-3,5-8,12-14,19-21,24,41H,4,9-11,15-18,22H2,1H3,(H,37,38,40). The normalized spacial score (nSPS) is 15.4. The van der Waals surface area contributed by atoms with E-state index in [2.05, 4.69) is 30.6 Å². The maximum atomic E-state index is 16.6. The molecule has 1 fully saturated rings. The molecule has 0 saturated carbocycles. The second-order valence-electron chi connectivity index (χ2n) is 12.0. The number of hydrogen-bond acceptors (Lipinski definition) is 8. The lowest BCUT2D eigenvalue weighted by molar-refractivity contribution is -0.131. The molecule has 2 amide bonds. The lowest BCUT2D eigenvalue weighted by Gasteiger charge is -2.32. The van der Waals surface area contributed by atoms with E-state index in [0.29, 0.717) is 66.5 Å². The van der Waals surface area contributed by atoms with E-state index >= 15 is 4.39 Å². The summed E-state index contributed by atoms with van der Waals surface area (Å²) >= 11 is 0. The van der Waals surface area contributed by atoms with Crippen LogP contribution in [0.2, 0.25) is 0 Å². The van der Waals surface area contributed by atoms with E-state index < -0.39 is 5.82 Å². The van der Waals surface area contributed by atoms with Crippen LogP contribution in [0.15, 0.2) is 73.3 Å². The van der Waals surface area contributed by atoms with Crippen molar-refractivity contribution in [2.45, 2.75) is 38.3 Å². The molecular weight excluding hydrogens is 613 g/mol. The minimum atomic E-state index is -0.461. The molecule has 2 aliphatic rings. The Labute approximate surface area is 276 Å². The summed E-state index contributed by atoms with van der Waals surface area (Å²) in [4.78, 5) is 42.1. The van der Waals surface area contributed by atoms with Gasteiger partial charge in [0.15, 0.2) is 5.82 Å². The number of likely N-dealkylation sites (tertiary alicyclic amines) is 1. The Balaban J connectivity index is 1.17. The van der Waals surface area contributed by atoms with Gasteiger partial charge in [-0.25, -0.2) is 14.4 Å². The third kappa shape index (κ3) is 6.35. The number of nitrogens with one attached hydrogen (secondary N) is 2. The summed E-state index contributed by atoms with van der Waals surface area (Å²) in [7, 11) is 1.60. The highest BCUT2D eigenvalue weighted by Gasteiger charge is 2.28. The van der Waals surface area contributed by atoms with E-state index in [1.165, 1.54) is 0 Å². The van der Waals surface area contributed by atoms with E-state index in [1.54, 1.807) is 58.5 Å². The van der Waals surface area contributed by atoms with Crippen molar-refractivity contribution >= 4 is 34.2 Å². The molecule has 48 heavy (non-hydrogen) atoms. The summed E-state index contributed by atoms with van der Waals surface area (Å²) in [6.45, 7) is 2.32. The Hall–Kier alpha value is -5.59. The minimum absolute atomic E-state index is 0.0365. The summed E-state index contributed by atoms with van der Waals surface area (Å²) in [6, 6.07) is 13.0. The summed E-state index contributed by atoms with van der Waals surface area (Å²) < 4.78 is 23.9. The molecule has 0 radical (unpaired) electrons. The molecule has 2 aromatic carbocycles. The van der Waals surface area contributed by atoms with Crippen molar-refractivity contribution in [2.24, 2.45) is 0 Å². The second kappa shape index (κ2) is 13.6. The molecule has 3 aromatic heterocycles. The number of aryl methyl sites for hydroxylation is 1. The van der Waals surface area contributed by atoms with E-state index in [0.717, 1.165) is 24.0 Å². The zero-order chi connectivity index (χ0) is 33.0. The Morgan fingerprint density at radius 1 is 1.00 bits per heavy atom. The number of aromatic nitrogens is 6. The van der Waals surface area contributed by atoms with Crippen molar-refractivity contribution < 1.29 is 18.7 Å². The number of nitrogens with zero attached hydrogens (tertiary/aromatic N) is 7. The van der Waals surface area contributed by atoms with E-state index in [-0.39, 0.29) is 36.3 Å². The topological polar surface area (TPSA) is 134 Å². The number of anilines is 1. The maximum Gasteiger partial charge on any atom is 0.270 e. The number of methoxy groups -OCH3 is 1. The number of carbonyl (C=O) groups excluding carboxylic acids is 2. The number of rotatable bonds is 9. The fourth-order valence-corrected chi connectivity index (χ4v) is 6.52. The Kier molecular flexibility index (Phi) is 8.82. The molecule has 5 heterocycles. The molecule has 7 rings (SSSR count). The minimum Gasteiger partial charge on any atom is -0.496 e. The van der Waals surface area contributed by atoms with Crippen molar-refractivity contribution in [1.82, 2.24) is 39.7 Å². The molecule has 0 atom stereocenters. The van der Waals surface area contributed by atoms with Gasteiger partial charge in [0.1, 0.15) is 11.4 Å². The zero-order valence-electron chi connectivity index (χ0n) is 26.6. The second-order valence-corrected chi connectivity index (χ2v) is 12.0. The van der Waals surface area contributed by atoms with E-state index in [9.17, 15) is 9.59 Å². The van der Waals surface area contributed by atoms with Gasteiger partial charge in [0.2, 0.25) is 11.9 Å². The van der Waals surface area contributed by atoms with Gasteiger partial charge in [0.05, 0.1) is 25.4 Å². The number of halogens is 1. The van der Waals surface area contributed by atoms with Crippen LogP contribution in [0.5, 0.6) is 5.75 Å². The number of H-pyrrole nitrogens is 1. The number of para-hydroxylation sites is 1. The summed E-state index contributed by atoms with van der Waals surface area (Å²) in [5.41, 5.74) is 3.16. The molecule has 2 N–H and O–H groups in total. The highest BCUT2D eigenvalue weighted by molar-refractivity contribution is 6.05. The molecule has 0 bridgehead atoms. The van der Waals surface area contributed by atoms with Crippen LogP contribution >= 0.6 is 0 Å². The molecule has 246 valence electrons. The third-order valence-corrected chi connectivity index (χ3v) is 9.04. The molecule has 13 heteroatoms. The number of benzene rings is 2. The Morgan fingerprint density at radius 3 is 2.58 bits per heavy atom. The van der Waals surface area contributed by atoms with Crippen LogP contribution in [0.25, 0.3) is 27.6 Å². The molecule has 0 spiro atoms. The van der Waals surface area contributed by atoms with Gasteiger partial charge in [0, 0.05) is 73.7 Å². The average Bonchev–Trinajstić information content (AvgIpc) is 3.83. The van der Waals surface area contributed by atoms with Crippen LogP contribution in [0.3, 0.4) is 0 Å². The first kappa shape index (κ1) is 31.0. The lowest BCUT2D eigenvalue weighted by atomic mass is 9.93. The number of hydrogen-bond donors (Lipinski definition) is 2. The van der Waals surface area contributed by atoms with E-state index in [4.69, 9.17) is 4.74 Å². The first-order valence-corrected chi connectivity index (χ1v) is 16.1. The first-order valence-electron chi connectivity index (χ1n) is 16.1. The number of aromatic amines is 1. The summed E-state index contributed by atoms with van der Waals surface area (Å²) in [5.74, 6) is 0.515. The predicted octanol–water partition coefficient (Wildman–Crippen LogP) is 4.79. The highest BCUT2D eigenvalue weighted by atomic mass is 19.1. The molecular formula is C35H36FN9O3. The fraction of sp³-hybridized carbons (Fsp3) is 0.314. The molecule has 12 nitrogen and oxygen atoms in total. The maximum absolute atomic E-state index is 16.6. The van der Waals surface area contributed by atoms with Crippen molar-refractivity contribution in [2.75, 3.05) is 38.6 Å². The van der Waals surface area contributed by atoms with Crippen molar-refractivity contribution in [1.29, 1.82) is 0 Å². The number of carbonyl (C=O) groups is 2. The number of piperidine rings is 1. The van der Waals surface area contributed by atoms with Crippen molar-refractivity contribution in [3.05, 3.63) is 90.4 Å². The highest BCUT2D eigenvalue weighted by Crippen LogP contribution is 2.40. The average molecular weight is 650 g/mol. The molecule has 0 aliphatic carbocycles. The van der Waals surface area contributed by atoms with Crippen LogP contribution in [0, 0.1) is 5.82 Å². The number of amides is 2. The lowest BCUT2D eigenvalue weighted by Crippen LogP contribution is -2.42. The predicted molar refractivity (Wildman–Crippen MR) is 179 cm³/mol. The van der Waals surface area contributed by atoms with Crippen LogP contribution in [0.4, 0.5) is 10.3 Å². The smallest absolute Gasteiger partial charge is 0.270 e. The van der Waals surface area contributed by atoms with Gasteiger partial charge in [-0.05, 0) is 54.7 Å². The number of fused-ring (bicyclic) bond motifs is 1. The van der Waals surface area contributed by atoms with Crippen LogP contribution in [0.1, 0.15) is 41.7 Å². The summed E-state index contributed by atoms with van der Waals surface area (Å²) in [6.07, 6.45) is 11.0. The fourth-order valence-electron chi connectivity index (χ4n) is 6.52. The molecule has 1 saturated heterocycles. The van der Waals surface area contributed by atoms with E-state index in [1.807, 2.05) is 36.4 Å². The van der Waals surface area contributed by atoms with Gasteiger partial charge in [-0.2, -0.15) is 0 Å². The van der Waals surface area contributed by atoms with Crippen LogP contribution < -0.4 is 10.1 Å². The molecule has 2 aliphatic heterocycles. The van der Waals surface area contributed by atoms with Crippen LogP contribution in [-0.2, 0) is 11.3 Å². The van der Waals surface area contributed by atoms with Gasteiger partial charge in [0.25, 0.3) is 5.91 Å². The quantitative estimate of drug-likeness (QED) is 0.233. The zero-order valence-corrected chi connectivity index (χ0v) is 26.6. The van der Waals surface area contributed by atoms with Gasteiger partial charge >= 0.3 is 0 Å². The molecule has 5 aromatic rings. The largest absolute Gasteiger partial charge is 0.496 e. The van der Waals surface area contributed by atoms with Gasteiger partial charge in [-0.15, -0.1) is 5.10 Å². The van der Waals surface area contributed by atoms with Crippen molar-refractivity contribution in [3.8, 4) is 16.9 Å². The Morgan fingerprint density at radius 2 is 1.81 bits per heavy atom.